The number of guanidine groups is 1. The Kier molecular flexibility index (Phi) is 5.87. The summed E-state index contributed by atoms with van der Waals surface area (Å²) in [6, 6.07) is 7.07. The highest BCUT2D eigenvalue weighted by molar-refractivity contribution is 7.89. The first-order valence-electron chi connectivity index (χ1n) is 8.30. The molecule has 0 spiro atoms. The van der Waals surface area contributed by atoms with Crippen molar-refractivity contribution in [2.24, 2.45) is 4.99 Å². The van der Waals surface area contributed by atoms with Crippen LogP contribution in [0.15, 0.2) is 34.2 Å². The number of benzene rings is 1. The van der Waals surface area contributed by atoms with Gasteiger partial charge in [-0.15, -0.1) is 0 Å². The molecule has 0 bridgehead atoms. The number of aliphatic imine (C=N–C) groups is 1. The first-order chi connectivity index (χ1) is 11.2. The molecule has 1 aromatic carbocycles. The van der Waals surface area contributed by atoms with E-state index in [1.165, 1.54) is 0 Å². The molecule has 0 amide bonds. The lowest BCUT2D eigenvalue weighted by molar-refractivity contribution is 0.477. The Morgan fingerprint density at radius 2 is 1.75 bits per heavy atom. The molecule has 1 heterocycles. The Balaban J connectivity index is 1.99. The van der Waals surface area contributed by atoms with E-state index in [1.807, 2.05) is 12.1 Å². The summed E-state index contributed by atoms with van der Waals surface area (Å²) in [5.74, 6) is 0.719. The minimum Gasteiger partial charge on any atom is -0.352 e. The first kappa shape index (κ1) is 18.7. The Hall–Kier alpha value is -1.60. The molecule has 7 heteroatoms. The van der Waals surface area contributed by atoms with Gasteiger partial charge in [0.15, 0.2) is 5.96 Å². The van der Waals surface area contributed by atoms with Crippen molar-refractivity contribution in [1.29, 1.82) is 0 Å². The number of hydrogen-bond donors (Lipinski definition) is 2. The van der Waals surface area contributed by atoms with Crippen molar-refractivity contribution in [3.05, 3.63) is 29.8 Å². The molecule has 0 unspecified atom stereocenters. The molecule has 2 rings (SSSR count). The van der Waals surface area contributed by atoms with Gasteiger partial charge in [-0.1, -0.05) is 12.1 Å². The zero-order chi connectivity index (χ0) is 17.8. The predicted octanol–water partition coefficient (Wildman–Crippen LogP) is 1.93. The van der Waals surface area contributed by atoms with Gasteiger partial charge in [-0.05, 0) is 51.3 Å². The van der Waals surface area contributed by atoms with Crippen molar-refractivity contribution in [1.82, 2.24) is 14.9 Å². The van der Waals surface area contributed by atoms with Crippen LogP contribution in [0.4, 0.5) is 0 Å². The van der Waals surface area contributed by atoms with Gasteiger partial charge in [0, 0.05) is 32.2 Å². The van der Waals surface area contributed by atoms with Crippen LogP contribution in [-0.4, -0.2) is 44.4 Å². The second kappa shape index (κ2) is 7.53. The molecule has 24 heavy (non-hydrogen) atoms. The molecule has 6 nitrogen and oxygen atoms in total. The van der Waals surface area contributed by atoms with Crippen molar-refractivity contribution in [2.75, 3.05) is 20.1 Å². The molecular formula is C17H28N4O2S. The quantitative estimate of drug-likeness (QED) is 0.641. The average Bonchev–Trinajstić information content (AvgIpc) is 3.06. The van der Waals surface area contributed by atoms with Gasteiger partial charge in [0.05, 0.1) is 4.90 Å². The lowest BCUT2D eigenvalue weighted by Gasteiger charge is -2.23. The summed E-state index contributed by atoms with van der Waals surface area (Å²) in [6.45, 7) is 8.04. The standard InChI is InChI=1S/C17H28N4O2S/c1-17(2,3)20-16(18-4)19-13-14-7-9-15(10-8-14)24(22,23)21-11-5-6-12-21/h7-10H,5-6,11-13H2,1-4H3,(H2,18,19,20). The van der Waals surface area contributed by atoms with Crippen molar-refractivity contribution >= 4 is 16.0 Å². The van der Waals surface area contributed by atoms with E-state index in [0.29, 0.717) is 24.5 Å². The van der Waals surface area contributed by atoms with Gasteiger partial charge in [0.25, 0.3) is 0 Å². The Morgan fingerprint density at radius 1 is 1.17 bits per heavy atom. The van der Waals surface area contributed by atoms with Crippen LogP contribution in [-0.2, 0) is 16.6 Å². The molecule has 0 atom stereocenters. The molecule has 0 radical (unpaired) electrons. The van der Waals surface area contributed by atoms with Gasteiger partial charge in [-0.2, -0.15) is 4.31 Å². The third kappa shape index (κ3) is 4.95. The van der Waals surface area contributed by atoms with Crippen molar-refractivity contribution in [3.63, 3.8) is 0 Å². The highest BCUT2D eigenvalue weighted by atomic mass is 32.2. The molecule has 1 aliphatic rings. The molecule has 1 aliphatic heterocycles. The topological polar surface area (TPSA) is 73.8 Å². The monoisotopic (exact) mass is 352 g/mol. The van der Waals surface area contributed by atoms with Crippen molar-refractivity contribution < 1.29 is 8.42 Å². The number of sulfonamides is 1. The van der Waals surface area contributed by atoms with E-state index in [4.69, 9.17) is 0 Å². The van der Waals surface area contributed by atoms with E-state index < -0.39 is 10.0 Å². The highest BCUT2D eigenvalue weighted by Crippen LogP contribution is 2.21. The van der Waals surface area contributed by atoms with E-state index in [0.717, 1.165) is 24.4 Å². The fourth-order valence-electron chi connectivity index (χ4n) is 2.58. The van der Waals surface area contributed by atoms with Crippen LogP contribution in [0.1, 0.15) is 39.2 Å². The van der Waals surface area contributed by atoms with Gasteiger partial charge in [-0.25, -0.2) is 8.42 Å². The number of rotatable bonds is 4. The summed E-state index contributed by atoms with van der Waals surface area (Å²) in [5.41, 5.74) is 0.933. The summed E-state index contributed by atoms with van der Waals surface area (Å²) in [6.07, 6.45) is 1.89. The van der Waals surface area contributed by atoms with E-state index in [9.17, 15) is 8.42 Å². The SMILES string of the molecule is CN=C(NCc1ccc(S(=O)(=O)N2CCCC2)cc1)NC(C)(C)C. The van der Waals surface area contributed by atoms with E-state index in [2.05, 4.69) is 36.4 Å². The second-order valence-electron chi connectivity index (χ2n) is 7.06. The van der Waals surface area contributed by atoms with Crippen molar-refractivity contribution in [3.8, 4) is 0 Å². The first-order valence-corrected chi connectivity index (χ1v) is 9.74. The fourth-order valence-corrected chi connectivity index (χ4v) is 4.09. The molecule has 1 fully saturated rings. The zero-order valence-electron chi connectivity index (χ0n) is 15.0. The Bertz CT molecular complexity index is 670. The summed E-state index contributed by atoms with van der Waals surface area (Å²) in [4.78, 5) is 4.56. The largest absolute Gasteiger partial charge is 0.352 e. The molecule has 2 N–H and O–H groups in total. The van der Waals surface area contributed by atoms with Gasteiger partial charge in [-0.3, -0.25) is 4.99 Å². The van der Waals surface area contributed by atoms with Crippen LogP contribution in [0.25, 0.3) is 0 Å². The van der Waals surface area contributed by atoms with Crippen molar-refractivity contribution in [2.45, 2.75) is 50.6 Å². The molecule has 0 aliphatic carbocycles. The lowest BCUT2D eigenvalue weighted by atomic mass is 10.1. The third-order valence-corrected chi connectivity index (χ3v) is 5.72. The molecule has 1 aromatic rings. The fraction of sp³-hybridized carbons (Fsp3) is 0.588. The van der Waals surface area contributed by atoms with Crippen LogP contribution in [0, 0.1) is 0 Å². The van der Waals surface area contributed by atoms with E-state index >= 15 is 0 Å². The molecular weight excluding hydrogens is 324 g/mol. The Morgan fingerprint density at radius 3 is 2.25 bits per heavy atom. The maximum atomic E-state index is 12.5. The average molecular weight is 353 g/mol. The van der Waals surface area contributed by atoms with Crippen LogP contribution in [0.5, 0.6) is 0 Å². The highest BCUT2D eigenvalue weighted by Gasteiger charge is 2.26. The van der Waals surface area contributed by atoms with E-state index in [1.54, 1.807) is 23.5 Å². The Labute approximate surface area is 145 Å². The third-order valence-electron chi connectivity index (χ3n) is 3.80. The minimum atomic E-state index is -3.34. The van der Waals surface area contributed by atoms with Crippen LogP contribution in [0.2, 0.25) is 0 Å². The summed E-state index contributed by atoms with van der Waals surface area (Å²) in [7, 11) is -1.61. The number of nitrogens with one attached hydrogen (secondary N) is 2. The normalized spacial score (nSPS) is 17.1. The number of nitrogens with zero attached hydrogens (tertiary/aromatic N) is 2. The summed E-state index contributed by atoms with van der Waals surface area (Å²) in [5, 5.41) is 6.52. The zero-order valence-corrected chi connectivity index (χ0v) is 15.8. The number of hydrogen-bond acceptors (Lipinski definition) is 3. The molecule has 1 saturated heterocycles. The van der Waals surface area contributed by atoms with Crippen LogP contribution in [0.3, 0.4) is 0 Å². The van der Waals surface area contributed by atoms with Gasteiger partial charge >= 0.3 is 0 Å². The van der Waals surface area contributed by atoms with E-state index in [-0.39, 0.29) is 5.54 Å². The van der Waals surface area contributed by atoms with Gasteiger partial charge in [0.1, 0.15) is 0 Å². The van der Waals surface area contributed by atoms with Crippen LogP contribution < -0.4 is 10.6 Å². The van der Waals surface area contributed by atoms with Gasteiger partial charge in [0.2, 0.25) is 10.0 Å². The maximum absolute atomic E-state index is 12.5. The molecule has 0 aromatic heterocycles. The lowest BCUT2D eigenvalue weighted by Crippen LogP contribution is -2.47. The second-order valence-corrected chi connectivity index (χ2v) is 8.99. The van der Waals surface area contributed by atoms with Crippen LogP contribution >= 0.6 is 0 Å². The predicted molar refractivity (Wildman–Crippen MR) is 97.5 cm³/mol. The minimum absolute atomic E-state index is 0.0739. The maximum Gasteiger partial charge on any atom is 0.243 e. The van der Waals surface area contributed by atoms with Gasteiger partial charge < -0.3 is 10.6 Å². The molecule has 134 valence electrons. The summed E-state index contributed by atoms with van der Waals surface area (Å²) >= 11 is 0. The molecule has 0 saturated carbocycles. The summed E-state index contributed by atoms with van der Waals surface area (Å²) < 4.78 is 26.6. The smallest absolute Gasteiger partial charge is 0.243 e.